The molecule has 2 fully saturated rings. The van der Waals surface area contributed by atoms with Gasteiger partial charge in [0.05, 0.1) is 11.0 Å². The molecule has 0 saturated carbocycles. The first-order chi connectivity index (χ1) is 9.21. The van der Waals surface area contributed by atoms with Crippen LogP contribution in [0, 0.1) is 11.8 Å². The SMILES string of the molecule is C[C@@H]1C[C@@H](C)CN(S(=O)(=O)NC[C@H]2CCCS2(=O)=O)C1. The maximum absolute atomic E-state index is 12.3. The number of hydrogen-bond acceptors (Lipinski definition) is 4. The molecule has 0 aromatic heterocycles. The Morgan fingerprint density at radius 3 is 2.30 bits per heavy atom. The third kappa shape index (κ3) is 3.72. The number of sulfone groups is 1. The smallest absolute Gasteiger partial charge is 0.229 e. The second-order valence-corrected chi connectivity index (χ2v) is 10.4. The first kappa shape index (κ1) is 16.2. The molecule has 3 atom stereocenters. The van der Waals surface area contributed by atoms with E-state index in [1.165, 1.54) is 4.31 Å². The van der Waals surface area contributed by atoms with Gasteiger partial charge in [-0.15, -0.1) is 0 Å². The molecule has 20 heavy (non-hydrogen) atoms. The van der Waals surface area contributed by atoms with E-state index in [2.05, 4.69) is 4.72 Å². The predicted molar refractivity (Wildman–Crippen MR) is 78.2 cm³/mol. The van der Waals surface area contributed by atoms with Gasteiger partial charge < -0.3 is 0 Å². The fraction of sp³-hybridized carbons (Fsp3) is 1.00. The second kappa shape index (κ2) is 5.90. The van der Waals surface area contributed by atoms with Crippen LogP contribution in [-0.4, -0.2) is 51.8 Å². The summed E-state index contributed by atoms with van der Waals surface area (Å²) in [4.78, 5) is 0. The van der Waals surface area contributed by atoms with Gasteiger partial charge in [0.15, 0.2) is 9.84 Å². The molecule has 0 bridgehead atoms. The van der Waals surface area contributed by atoms with Gasteiger partial charge in [-0.3, -0.25) is 0 Å². The van der Waals surface area contributed by atoms with Gasteiger partial charge in [0.25, 0.3) is 10.2 Å². The summed E-state index contributed by atoms with van der Waals surface area (Å²) in [6.07, 6.45) is 2.22. The lowest BCUT2D eigenvalue weighted by molar-refractivity contribution is 0.220. The van der Waals surface area contributed by atoms with E-state index in [9.17, 15) is 16.8 Å². The molecule has 2 saturated heterocycles. The van der Waals surface area contributed by atoms with Gasteiger partial charge in [0.2, 0.25) is 0 Å². The molecule has 0 aliphatic carbocycles. The molecule has 2 aliphatic heterocycles. The fourth-order valence-electron chi connectivity index (χ4n) is 3.18. The number of nitrogens with zero attached hydrogens (tertiary/aromatic N) is 1. The van der Waals surface area contributed by atoms with Gasteiger partial charge in [-0.2, -0.15) is 12.7 Å². The van der Waals surface area contributed by atoms with Gasteiger partial charge in [-0.1, -0.05) is 13.8 Å². The number of hydrogen-bond donors (Lipinski definition) is 1. The van der Waals surface area contributed by atoms with Crippen LogP contribution in [0.5, 0.6) is 0 Å². The average molecular weight is 324 g/mol. The largest absolute Gasteiger partial charge is 0.279 e. The lowest BCUT2D eigenvalue weighted by Crippen LogP contribution is -2.49. The van der Waals surface area contributed by atoms with E-state index in [1.807, 2.05) is 13.8 Å². The molecule has 2 rings (SSSR count). The van der Waals surface area contributed by atoms with Gasteiger partial charge in [-0.05, 0) is 31.1 Å². The molecule has 8 heteroatoms. The van der Waals surface area contributed by atoms with Crippen LogP contribution in [0.3, 0.4) is 0 Å². The highest BCUT2D eigenvalue weighted by atomic mass is 32.2. The molecule has 1 N–H and O–H groups in total. The molecule has 0 amide bonds. The Kier molecular flexibility index (Phi) is 4.78. The third-order valence-electron chi connectivity index (χ3n) is 4.13. The average Bonchev–Trinajstić information content (AvgIpc) is 2.64. The summed E-state index contributed by atoms with van der Waals surface area (Å²) < 4.78 is 51.9. The van der Waals surface area contributed by atoms with E-state index in [1.54, 1.807) is 0 Å². The van der Waals surface area contributed by atoms with Crippen molar-refractivity contribution < 1.29 is 16.8 Å². The van der Waals surface area contributed by atoms with Crippen molar-refractivity contribution >= 4 is 20.0 Å². The quantitative estimate of drug-likeness (QED) is 0.810. The van der Waals surface area contributed by atoms with Gasteiger partial charge in [0.1, 0.15) is 0 Å². The van der Waals surface area contributed by atoms with Crippen LogP contribution in [0.25, 0.3) is 0 Å². The molecule has 2 aliphatic rings. The summed E-state index contributed by atoms with van der Waals surface area (Å²) in [6.45, 7) is 5.11. The predicted octanol–water partition coefficient (Wildman–Crippen LogP) is 0.376. The Balaban J connectivity index is 1.97. The van der Waals surface area contributed by atoms with E-state index < -0.39 is 25.3 Å². The van der Waals surface area contributed by atoms with Crippen LogP contribution >= 0.6 is 0 Å². The van der Waals surface area contributed by atoms with Crippen molar-refractivity contribution in [2.75, 3.05) is 25.4 Å². The van der Waals surface area contributed by atoms with Crippen LogP contribution < -0.4 is 4.72 Å². The number of piperidine rings is 1. The lowest BCUT2D eigenvalue weighted by Gasteiger charge is -2.34. The second-order valence-electron chi connectivity index (χ2n) is 6.25. The normalized spacial score (nSPS) is 35.2. The van der Waals surface area contributed by atoms with Crippen LogP contribution in [0.4, 0.5) is 0 Å². The van der Waals surface area contributed by atoms with Gasteiger partial charge >= 0.3 is 0 Å². The molecular formula is C12H24N2O4S2. The zero-order valence-corrected chi connectivity index (χ0v) is 13.7. The topological polar surface area (TPSA) is 83.6 Å². The van der Waals surface area contributed by atoms with Crippen molar-refractivity contribution in [2.24, 2.45) is 11.8 Å². The summed E-state index contributed by atoms with van der Waals surface area (Å²) in [5, 5.41) is -0.558. The Morgan fingerprint density at radius 1 is 1.20 bits per heavy atom. The molecule has 0 radical (unpaired) electrons. The highest BCUT2D eigenvalue weighted by Gasteiger charge is 2.34. The maximum Gasteiger partial charge on any atom is 0.279 e. The van der Waals surface area contributed by atoms with Crippen LogP contribution in [0.1, 0.15) is 33.1 Å². The minimum atomic E-state index is -3.57. The van der Waals surface area contributed by atoms with E-state index in [4.69, 9.17) is 0 Å². The molecular weight excluding hydrogens is 300 g/mol. The standard InChI is InChI=1S/C12H24N2O4S2/c1-10-6-11(2)9-14(8-10)20(17,18)13-7-12-4-3-5-19(12,15)16/h10-13H,3-9H2,1-2H3/t10-,11-,12-/m1/s1. The van der Waals surface area contributed by atoms with E-state index in [-0.39, 0.29) is 12.3 Å². The zero-order chi connectivity index (χ0) is 15.0. The summed E-state index contributed by atoms with van der Waals surface area (Å²) in [6, 6.07) is 0. The summed E-state index contributed by atoms with van der Waals surface area (Å²) in [5.41, 5.74) is 0. The fourth-order valence-corrected chi connectivity index (χ4v) is 6.55. The van der Waals surface area contributed by atoms with Crippen LogP contribution in [-0.2, 0) is 20.0 Å². The van der Waals surface area contributed by atoms with Gasteiger partial charge in [-0.25, -0.2) is 13.1 Å². The van der Waals surface area contributed by atoms with E-state index in [0.29, 0.717) is 37.8 Å². The summed E-state index contributed by atoms with van der Waals surface area (Å²) >= 11 is 0. The Hall–Kier alpha value is -0.180. The molecule has 0 aromatic carbocycles. The Bertz CT molecular complexity index is 534. The zero-order valence-electron chi connectivity index (χ0n) is 12.1. The Labute approximate surface area is 122 Å². The first-order valence-electron chi connectivity index (χ1n) is 7.17. The number of rotatable bonds is 4. The highest BCUT2D eigenvalue weighted by Crippen LogP contribution is 2.23. The van der Waals surface area contributed by atoms with Crippen molar-refractivity contribution in [3.63, 3.8) is 0 Å². The summed E-state index contributed by atoms with van der Waals surface area (Å²) in [5.74, 6) is 0.855. The van der Waals surface area contributed by atoms with Crippen molar-refractivity contribution in [3.05, 3.63) is 0 Å². The van der Waals surface area contributed by atoms with Crippen LogP contribution in [0.15, 0.2) is 0 Å². The Morgan fingerprint density at radius 2 is 1.80 bits per heavy atom. The van der Waals surface area contributed by atoms with E-state index in [0.717, 1.165) is 6.42 Å². The summed E-state index contributed by atoms with van der Waals surface area (Å²) in [7, 11) is -6.68. The molecule has 0 aromatic rings. The monoisotopic (exact) mass is 324 g/mol. The minimum Gasteiger partial charge on any atom is -0.229 e. The van der Waals surface area contributed by atoms with Crippen LogP contribution in [0.2, 0.25) is 0 Å². The van der Waals surface area contributed by atoms with Crippen molar-refractivity contribution in [3.8, 4) is 0 Å². The molecule has 0 spiro atoms. The van der Waals surface area contributed by atoms with Gasteiger partial charge in [0, 0.05) is 19.6 Å². The van der Waals surface area contributed by atoms with Crippen molar-refractivity contribution in [1.29, 1.82) is 0 Å². The molecule has 6 nitrogen and oxygen atoms in total. The molecule has 2 heterocycles. The van der Waals surface area contributed by atoms with Crippen molar-refractivity contribution in [1.82, 2.24) is 9.03 Å². The van der Waals surface area contributed by atoms with E-state index >= 15 is 0 Å². The highest BCUT2D eigenvalue weighted by molar-refractivity contribution is 7.92. The van der Waals surface area contributed by atoms with Crippen molar-refractivity contribution in [2.45, 2.75) is 38.4 Å². The third-order valence-corrected chi connectivity index (χ3v) is 7.92. The first-order valence-corrected chi connectivity index (χ1v) is 10.3. The lowest BCUT2D eigenvalue weighted by atomic mass is 9.94. The molecule has 118 valence electrons. The minimum absolute atomic E-state index is 0.00390. The maximum atomic E-state index is 12.3. The molecule has 0 unspecified atom stereocenters. The number of nitrogens with one attached hydrogen (secondary N) is 1.